The fourth-order valence-electron chi connectivity index (χ4n) is 2.81. The highest BCUT2D eigenvalue weighted by Crippen LogP contribution is 2.29. The zero-order valence-corrected chi connectivity index (χ0v) is 14.0. The maximum absolute atomic E-state index is 12.8. The van der Waals surface area contributed by atoms with E-state index in [0.29, 0.717) is 33.6 Å². The fraction of sp³-hybridized carbons (Fsp3) is 0.222. The summed E-state index contributed by atoms with van der Waals surface area (Å²) in [5.41, 5.74) is 2.50. The van der Waals surface area contributed by atoms with Crippen LogP contribution in [0.2, 0.25) is 0 Å². The molecule has 7 heteroatoms. The smallest absolute Gasteiger partial charge is 0.405 e. The van der Waals surface area contributed by atoms with Crippen molar-refractivity contribution in [1.82, 2.24) is 15.3 Å². The minimum absolute atomic E-state index is 0.172. The van der Waals surface area contributed by atoms with Gasteiger partial charge in [0.1, 0.15) is 11.3 Å². The van der Waals surface area contributed by atoms with Gasteiger partial charge in [-0.3, -0.25) is 9.78 Å². The Balaban J connectivity index is 2.33. The number of nitrogens with zero attached hydrogens (tertiary/aromatic N) is 2. The highest BCUT2D eigenvalue weighted by molar-refractivity contribution is 5.84. The van der Waals surface area contributed by atoms with Gasteiger partial charge in [-0.25, -0.2) is 9.78 Å². The van der Waals surface area contributed by atoms with Gasteiger partial charge in [0, 0.05) is 23.5 Å². The second-order valence-corrected chi connectivity index (χ2v) is 5.88. The highest BCUT2D eigenvalue weighted by atomic mass is 16.4. The third-order valence-electron chi connectivity index (χ3n) is 3.99. The molecule has 1 amide bonds. The minimum atomic E-state index is -1.15. The van der Waals surface area contributed by atoms with Crippen LogP contribution < -0.4 is 10.7 Å². The van der Waals surface area contributed by atoms with Gasteiger partial charge in [0.2, 0.25) is 0 Å². The average molecular weight is 339 g/mol. The molecule has 1 unspecified atom stereocenters. The molecule has 7 nitrogen and oxygen atoms in total. The van der Waals surface area contributed by atoms with Gasteiger partial charge in [-0.05, 0) is 32.4 Å². The predicted molar refractivity (Wildman–Crippen MR) is 92.6 cm³/mol. The van der Waals surface area contributed by atoms with Crippen LogP contribution in [0.15, 0.2) is 39.9 Å². The second kappa shape index (κ2) is 6.35. The Bertz CT molecular complexity index is 1010. The minimum Gasteiger partial charge on any atom is -0.465 e. The SMILES string of the molecule is Cc1cc(C(C)NC(=O)O)c2oc(-c3cnccn3)c(C)c(=O)c2c1. The lowest BCUT2D eigenvalue weighted by Crippen LogP contribution is -2.25. The number of hydrogen-bond acceptors (Lipinski definition) is 5. The Morgan fingerprint density at radius 1 is 1.28 bits per heavy atom. The maximum atomic E-state index is 12.8. The van der Waals surface area contributed by atoms with Crippen molar-refractivity contribution in [3.63, 3.8) is 0 Å². The standard InChI is InChI=1S/C18H17N3O4/c1-9-6-12(11(3)21-18(23)24)17-13(7-9)15(22)10(2)16(25-17)14-8-19-4-5-20-14/h4-8,11,21H,1-3H3,(H,23,24). The van der Waals surface area contributed by atoms with E-state index in [0.717, 1.165) is 5.56 Å². The number of rotatable bonds is 3. The molecular formula is C18H17N3O4. The summed E-state index contributed by atoms with van der Waals surface area (Å²) in [6, 6.07) is 3.01. The van der Waals surface area contributed by atoms with Crippen LogP contribution in [0.5, 0.6) is 0 Å². The monoisotopic (exact) mass is 339 g/mol. The van der Waals surface area contributed by atoms with E-state index in [1.807, 2.05) is 13.0 Å². The summed E-state index contributed by atoms with van der Waals surface area (Å²) in [4.78, 5) is 32.0. The largest absolute Gasteiger partial charge is 0.465 e. The van der Waals surface area contributed by atoms with Gasteiger partial charge in [0.05, 0.1) is 17.6 Å². The van der Waals surface area contributed by atoms with E-state index >= 15 is 0 Å². The number of fused-ring (bicyclic) bond motifs is 1. The number of carboxylic acid groups (broad SMARTS) is 1. The van der Waals surface area contributed by atoms with Crippen LogP contribution in [0.25, 0.3) is 22.4 Å². The van der Waals surface area contributed by atoms with Crippen LogP contribution in [0.1, 0.15) is 29.7 Å². The van der Waals surface area contributed by atoms with Gasteiger partial charge in [0.25, 0.3) is 0 Å². The van der Waals surface area contributed by atoms with Crippen LogP contribution in [-0.4, -0.2) is 21.2 Å². The van der Waals surface area contributed by atoms with Crippen molar-refractivity contribution in [2.24, 2.45) is 0 Å². The van der Waals surface area contributed by atoms with E-state index in [2.05, 4.69) is 15.3 Å². The van der Waals surface area contributed by atoms with Gasteiger partial charge < -0.3 is 14.8 Å². The molecule has 3 aromatic rings. The molecule has 0 spiro atoms. The van der Waals surface area contributed by atoms with E-state index in [1.54, 1.807) is 19.9 Å². The molecule has 1 aromatic carbocycles. The molecular weight excluding hydrogens is 322 g/mol. The van der Waals surface area contributed by atoms with E-state index in [4.69, 9.17) is 9.52 Å². The second-order valence-electron chi connectivity index (χ2n) is 5.88. The molecule has 0 fully saturated rings. The van der Waals surface area contributed by atoms with Gasteiger partial charge in [-0.2, -0.15) is 0 Å². The molecule has 0 aliphatic rings. The van der Waals surface area contributed by atoms with Crippen molar-refractivity contribution in [3.05, 3.63) is 57.6 Å². The number of benzene rings is 1. The lowest BCUT2D eigenvalue weighted by Gasteiger charge is -2.16. The Kier molecular flexibility index (Phi) is 4.22. The van der Waals surface area contributed by atoms with E-state index in [9.17, 15) is 9.59 Å². The summed E-state index contributed by atoms with van der Waals surface area (Å²) < 4.78 is 6.01. The first kappa shape index (κ1) is 16.6. The molecule has 0 saturated heterocycles. The Hall–Kier alpha value is -3.22. The predicted octanol–water partition coefficient (Wildman–Crippen LogP) is 3.20. The van der Waals surface area contributed by atoms with Crippen molar-refractivity contribution < 1.29 is 14.3 Å². The molecule has 0 saturated carbocycles. The summed E-state index contributed by atoms with van der Waals surface area (Å²) in [6.07, 6.45) is 3.42. The average Bonchev–Trinajstić information content (AvgIpc) is 2.58. The number of aryl methyl sites for hydroxylation is 1. The zero-order chi connectivity index (χ0) is 18.1. The van der Waals surface area contributed by atoms with Crippen LogP contribution in [-0.2, 0) is 0 Å². The number of aromatic nitrogens is 2. The summed E-state index contributed by atoms with van der Waals surface area (Å²) in [7, 11) is 0. The number of hydrogen-bond donors (Lipinski definition) is 2. The molecule has 128 valence electrons. The summed E-state index contributed by atoms with van der Waals surface area (Å²) in [5.74, 6) is 0.332. The molecule has 2 heterocycles. The summed E-state index contributed by atoms with van der Waals surface area (Å²) in [5, 5.41) is 11.8. The fourth-order valence-corrected chi connectivity index (χ4v) is 2.81. The van der Waals surface area contributed by atoms with E-state index in [1.165, 1.54) is 18.6 Å². The molecule has 2 aromatic heterocycles. The Morgan fingerprint density at radius 3 is 2.68 bits per heavy atom. The zero-order valence-electron chi connectivity index (χ0n) is 14.0. The van der Waals surface area contributed by atoms with Gasteiger partial charge in [-0.1, -0.05) is 6.07 Å². The van der Waals surface area contributed by atoms with Gasteiger partial charge in [0.15, 0.2) is 11.2 Å². The van der Waals surface area contributed by atoms with E-state index in [-0.39, 0.29) is 5.43 Å². The third-order valence-corrected chi connectivity index (χ3v) is 3.99. The quantitative estimate of drug-likeness (QED) is 0.759. The lowest BCUT2D eigenvalue weighted by atomic mass is 10.00. The van der Waals surface area contributed by atoms with Gasteiger partial charge in [-0.15, -0.1) is 0 Å². The third kappa shape index (κ3) is 3.08. The maximum Gasteiger partial charge on any atom is 0.405 e. The normalized spacial score (nSPS) is 12.1. The lowest BCUT2D eigenvalue weighted by molar-refractivity contribution is 0.191. The topological polar surface area (TPSA) is 105 Å². The molecule has 25 heavy (non-hydrogen) atoms. The Labute approximate surface area is 143 Å². The number of nitrogens with one attached hydrogen (secondary N) is 1. The van der Waals surface area contributed by atoms with Gasteiger partial charge >= 0.3 is 6.09 Å². The van der Waals surface area contributed by atoms with Crippen molar-refractivity contribution >= 4 is 17.1 Å². The Morgan fingerprint density at radius 2 is 2.04 bits per heavy atom. The summed E-state index contributed by atoms with van der Waals surface area (Å²) in [6.45, 7) is 5.22. The van der Waals surface area contributed by atoms with E-state index < -0.39 is 12.1 Å². The summed E-state index contributed by atoms with van der Waals surface area (Å²) >= 11 is 0. The van der Waals surface area contributed by atoms with Crippen LogP contribution in [0.3, 0.4) is 0 Å². The molecule has 2 N–H and O–H groups in total. The highest BCUT2D eigenvalue weighted by Gasteiger charge is 2.20. The number of carbonyl (C=O) groups is 1. The first-order valence-electron chi connectivity index (χ1n) is 7.72. The van der Waals surface area contributed by atoms with Crippen molar-refractivity contribution in [2.75, 3.05) is 0 Å². The molecule has 3 rings (SSSR count). The molecule has 0 bridgehead atoms. The first-order valence-corrected chi connectivity index (χ1v) is 7.72. The van der Waals surface area contributed by atoms with Crippen molar-refractivity contribution in [2.45, 2.75) is 26.8 Å². The molecule has 0 aliphatic carbocycles. The molecule has 0 aliphatic heterocycles. The first-order chi connectivity index (χ1) is 11.9. The van der Waals surface area contributed by atoms with Crippen LogP contribution >= 0.6 is 0 Å². The molecule has 0 radical (unpaired) electrons. The molecule has 1 atom stereocenters. The number of amides is 1. The van der Waals surface area contributed by atoms with Crippen LogP contribution in [0, 0.1) is 13.8 Å². The van der Waals surface area contributed by atoms with Crippen LogP contribution in [0.4, 0.5) is 4.79 Å². The van der Waals surface area contributed by atoms with Crippen molar-refractivity contribution in [3.8, 4) is 11.5 Å². The van der Waals surface area contributed by atoms with Crippen molar-refractivity contribution in [1.29, 1.82) is 0 Å².